The summed E-state index contributed by atoms with van der Waals surface area (Å²) in [6.07, 6.45) is 1.70. The summed E-state index contributed by atoms with van der Waals surface area (Å²) in [5.74, 6) is 0.0913. The summed E-state index contributed by atoms with van der Waals surface area (Å²) in [5, 5.41) is 9.22. The maximum absolute atomic E-state index is 9.22. The van der Waals surface area contributed by atoms with Gasteiger partial charge in [0.05, 0.1) is 0 Å². The van der Waals surface area contributed by atoms with Gasteiger partial charge >= 0.3 is 0 Å². The van der Waals surface area contributed by atoms with E-state index in [0.29, 0.717) is 0 Å². The topological polar surface area (TPSA) is 20.2 Å². The molecule has 16 heavy (non-hydrogen) atoms. The monoisotopic (exact) mass is 220 g/mol. The van der Waals surface area contributed by atoms with E-state index in [2.05, 4.69) is 13.2 Å². The minimum atomic E-state index is 0.0913. The van der Waals surface area contributed by atoms with Crippen LogP contribution in [0.5, 0.6) is 0 Å². The highest BCUT2D eigenvalue weighted by Gasteiger charge is 2.01. The highest BCUT2D eigenvalue weighted by atomic mass is 16.3. The summed E-state index contributed by atoms with van der Waals surface area (Å²) in [5.41, 5.74) is 2.77. The average molecular weight is 220 g/mol. The van der Waals surface area contributed by atoms with Crippen LogP contribution in [-0.4, -0.2) is 5.11 Å². The van der Waals surface area contributed by atoms with Crippen LogP contribution in [0.2, 0.25) is 0 Å². The maximum atomic E-state index is 9.22. The zero-order valence-electron chi connectivity index (χ0n) is 11.2. The largest absolute Gasteiger partial charge is 0.508 e. The smallest absolute Gasteiger partial charge is 0.116 e. The van der Waals surface area contributed by atoms with Gasteiger partial charge in [0.1, 0.15) is 5.76 Å². The highest BCUT2D eigenvalue weighted by Crippen LogP contribution is 2.18. The third-order valence-corrected chi connectivity index (χ3v) is 1.74. The lowest BCUT2D eigenvalue weighted by molar-refractivity contribution is 0.513. The molecular weight excluding hydrogens is 196 g/mol. The number of benzene rings is 1. The van der Waals surface area contributed by atoms with Crippen LogP contribution in [0.15, 0.2) is 31.4 Å². The van der Waals surface area contributed by atoms with Gasteiger partial charge in [-0.05, 0) is 18.6 Å². The fourth-order valence-electron chi connectivity index (χ4n) is 1.10. The zero-order valence-corrected chi connectivity index (χ0v) is 11.2. The number of hydrogen-bond acceptors (Lipinski definition) is 1. The molecule has 0 fully saturated rings. The van der Waals surface area contributed by atoms with Gasteiger partial charge in [-0.15, -0.1) is 0 Å². The van der Waals surface area contributed by atoms with E-state index in [4.69, 9.17) is 0 Å². The van der Waals surface area contributed by atoms with Crippen molar-refractivity contribution in [2.45, 2.75) is 34.6 Å². The summed E-state index contributed by atoms with van der Waals surface area (Å²) in [6.45, 7) is 17.1. The van der Waals surface area contributed by atoms with Crippen LogP contribution in [0.3, 0.4) is 0 Å². The maximum Gasteiger partial charge on any atom is 0.116 e. The highest BCUT2D eigenvalue weighted by molar-refractivity contribution is 5.68. The van der Waals surface area contributed by atoms with Gasteiger partial charge in [-0.3, -0.25) is 0 Å². The molecule has 0 aliphatic carbocycles. The Bertz CT molecular complexity index is 324. The minimum Gasteiger partial charge on any atom is -0.508 e. The van der Waals surface area contributed by atoms with Crippen LogP contribution in [0.1, 0.15) is 44.4 Å². The Kier molecular flexibility index (Phi) is 10.6. The van der Waals surface area contributed by atoms with Crippen LogP contribution in [0.4, 0.5) is 0 Å². The molecule has 0 atom stereocenters. The Morgan fingerprint density at radius 1 is 1.19 bits per heavy atom. The quantitative estimate of drug-likeness (QED) is 0.677. The molecule has 0 saturated heterocycles. The van der Waals surface area contributed by atoms with E-state index in [9.17, 15) is 5.11 Å². The second kappa shape index (κ2) is 10.0. The van der Waals surface area contributed by atoms with Crippen LogP contribution in [0, 0.1) is 6.92 Å². The van der Waals surface area contributed by atoms with Gasteiger partial charge < -0.3 is 5.11 Å². The van der Waals surface area contributed by atoms with Crippen molar-refractivity contribution in [3.63, 3.8) is 0 Å². The minimum absolute atomic E-state index is 0.0913. The summed E-state index contributed by atoms with van der Waals surface area (Å²) in [6, 6.07) is 5.78. The Morgan fingerprint density at radius 2 is 1.69 bits per heavy atom. The standard InChI is InChI=1S/C11H12O.2C2H6/c1-4-10-6-5-8(2)7-11(10)9(3)12;2*1-2/h4-7,12H,1,3H2,2H3;2*1-2H3. The molecule has 1 heteroatoms. The Balaban J connectivity index is 0. The van der Waals surface area contributed by atoms with Gasteiger partial charge in [0.2, 0.25) is 0 Å². The van der Waals surface area contributed by atoms with Crippen LogP contribution < -0.4 is 0 Å². The lowest BCUT2D eigenvalue weighted by Gasteiger charge is -2.04. The summed E-state index contributed by atoms with van der Waals surface area (Å²) >= 11 is 0. The average Bonchev–Trinajstić information content (AvgIpc) is 2.34. The molecule has 0 saturated carbocycles. The number of aliphatic hydroxyl groups excluding tert-OH is 1. The van der Waals surface area contributed by atoms with E-state index in [1.807, 2.05) is 52.8 Å². The number of hydrogen-bond donors (Lipinski definition) is 1. The van der Waals surface area contributed by atoms with E-state index in [1.54, 1.807) is 6.08 Å². The Morgan fingerprint density at radius 3 is 2.06 bits per heavy atom. The van der Waals surface area contributed by atoms with Crippen LogP contribution in [0.25, 0.3) is 11.8 Å². The number of aliphatic hydroxyl groups is 1. The van der Waals surface area contributed by atoms with E-state index in [1.165, 1.54) is 0 Å². The third-order valence-electron chi connectivity index (χ3n) is 1.74. The summed E-state index contributed by atoms with van der Waals surface area (Å²) < 4.78 is 0. The fourth-order valence-corrected chi connectivity index (χ4v) is 1.10. The van der Waals surface area contributed by atoms with Crippen molar-refractivity contribution >= 4 is 11.8 Å². The van der Waals surface area contributed by atoms with Crippen molar-refractivity contribution in [1.29, 1.82) is 0 Å². The van der Waals surface area contributed by atoms with Gasteiger partial charge in [0.15, 0.2) is 0 Å². The molecule has 0 amide bonds. The second-order valence-electron chi connectivity index (χ2n) is 2.74. The van der Waals surface area contributed by atoms with Crippen LogP contribution >= 0.6 is 0 Å². The van der Waals surface area contributed by atoms with Crippen molar-refractivity contribution in [3.05, 3.63) is 48.0 Å². The summed E-state index contributed by atoms with van der Waals surface area (Å²) in [4.78, 5) is 0. The first kappa shape index (κ1) is 16.9. The van der Waals surface area contributed by atoms with Crippen molar-refractivity contribution in [2.24, 2.45) is 0 Å². The molecule has 1 aromatic rings. The first-order valence-electron chi connectivity index (χ1n) is 5.76. The van der Waals surface area contributed by atoms with E-state index in [-0.39, 0.29) is 5.76 Å². The lowest BCUT2D eigenvalue weighted by Crippen LogP contribution is -1.87. The molecule has 0 bridgehead atoms. The third kappa shape index (κ3) is 5.40. The number of rotatable bonds is 2. The molecule has 1 rings (SSSR count). The first-order chi connectivity index (χ1) is 7.65. The molecule has 0 aliphatic rings. The second-order valence-corrected chi connectivity index (χ2v) is 2.74. The van der Waals surface area contributed by atoms with E-state index < -0.39 is 0 Å². The van der Waals surface area contributed by atoms with Crippen molar-refractivity contribution in [2.75, 3.05) is 0 Å². The number of aryl methyl sites for hydroxylation is 1. The molecule has 0 radical (unpaired) electrons. The molecule has 1 N–H and O–H groups in total. The van der Waals surface area contributed by atoms with E-state index in [0.717, 1.165) is 16.7 Å². The molecule has 0 heterocycles. The van der Waals surface area contributed by atoms with Crippen LogP contribution in [-0.2, 0) is 0 Å². The zero-order chi connectivity index (χ0) is 13.1. The molecular formula is C15H24O. The molecule has 0 aliphatic heterocycles. The van der Waals surface area contributed by atoms with Crippen molar-refractivity contribution < 1.29 is 5.11 Å². The SMILES string of the molecule is C=Cc1ccc(C)cc1C(=C)O.CC.CC. The van der Waals surface area contributed by atoms with Gasteiger partial charge in [0.25, 0.3) is 0 Å². The van der Waals surface area contributed by atoms with Gasteiger partial charge in [0, 0.05) is 5.56 Å². The van der Waals surface area contributed by atoms with Gasteiger partial charge in [-0.25, -0.2) is 0 Å². The lowest BCUT2D eigenvalue weighted by atomic mass is 10.0. The van der Waals surface area contributed by atoms with Gasteiger partial charge in [-0.2, -0.15) is 0 Å². The predicted molar refractivity (Wildman–Crippen MR) is 75.6 cm³/mol. The molecule has 1 aromatic carbocycles. The molecule has 0 aromatic heterocycles. The van der Waals surface area contributed by atoms with Crippen molar-refractivity contribution in [1.82, 2.24) is 0 Å². The van der Waals surface area contributed by atoms with E-state index >= 15 is 0 Å². The molecule has 90 valence electrons. The summed E-state index contributed by atoms with van der Waals surface area (Å²) in [7, 11) is 0. The molecule has 1 nitrogen and oxygen atoms in total. The molecule has 0 spiro atoms. The Hall–Kier alpha value is -1.50. The van der Waals surface area contributed by atoms with Crippen molar-refractivity contribution in [3.8, 4) is 0 Å². The predicted octanol–water partition coefficient (Wildman–Crippen LogP) is 5.22. The van der Waals surface area contributed by atoms with Gasteiger partial charge in [-0.1, -0.05) is 64.6 Å². The first-order valence-corrected chi connectivity index (χ1v) is 5.76. The fraction of sp³-hybridized carbons (Fsp3) is 0.333. The normalized spacial score (nSPS) is 7.81. The Labute approximate surface area is 100 Å². The molecule has 0 unspecified atom stereocenters.